The highest BCUT2D eigenvalue weighted by Crippen LogP contribution is 2.22. The fourth-order valence-electron chi connectivity index (χ4n) is 3.07. The smallest absolute Gasteiger partial charge is 0.253 e. The van der Waals surface area contributed by atoms with E-state index in [0.717, 1.165) is 30.4 Å². The van der Waals surface area contributed by atoms with Crippen molar-refractivity contribution in [1.82, 2.24) is 15.2 Å². The van der Waals surface area contributed by atoms with Gasteiger partial charge in [0.05, 0.1) is 5.56 Å². The summed E-state index contributed by atoms with van der Waals surface area (Å²) in [6.45, 7) is 5.40. The summed E-state index contributed by atoms with van der Waals surface area (Å²) in [5, 5.41) is 2.87. The molecule has 2 heterocycles. The van der Waals surface area contributed by atoms with Crippen LogP contribution >= 0.6 is 15.9 Å². The van der Waals surface area contributed by atoms with Crippen molar-refractivity contribution >= 4 is 27.7 Å². The van der Waals surface area contributed by atoms with E-state index in [1.54, 1.807) is 12.1 Å². The molecule has 3 rings (SSSR count). The van der Waals surface area contributed by atoms with Crippen LogP contribution in [0.15, 0.2) is 47.1 Å². The van der Waals surface area contributed by atoms with Gasteiger partial charge in [0.1, 0.15) is 11.8 Å². The van der Waals surface area contributed by atoms with Gasteiger partial charge in [-0.3, -0.25) is 9.59 Å². The molecule has 0 spiro atoms. The van der Waals surface area contributed by atoms with Crippen molar-refractivity contribution in [2.24, 2.45) is 5.92 Å². The second-order valence-electron chi connectivity index (χ2n) is 7.17. The van der Waals surface area contributed by atoms with Crippen molar-refractivity contribution in [2.45, 2.75) is 32.7 Å². The van der Waals surface area contributed by atoms with E-state index in [0.29, 0.717) is 17.2 Å². The number of halogens is 1. The number of carbonyl (C=O) groups is 2. The second kappa shape index (κ2) is 9.19. The maximum atomic E-state index is 12.7. The molecule has 0 unspecified atom stereocenters. The molecule has 1 aromatic carbocycles. The van der Waals surface area contributed by atoms with Crippen molar-refractivity contribution in [3.8, 4) is 11.6 Å². The number of nitrogens with one attached hydrogen (secondary N) is 1. The Morgan fingerprint density at radius 3 is 2.36 bits per heavy atom. The zero-order valence-electron chi connectivity index (χ0n) is 16.0. The number of rotatable bonds is 6. The number of pyridine rings is 1. The Kier molecular flexibility index (Phi) is 6.67. The third-order valence-corrected chi connectivity index (χ3v) is 5.20. The van der Waals surface area contributed by atoms with Crippen molar-refractivity contribution in [1.29, 1.82) is 0 Å². The fraction of sp³-hybridized carbons (Fsp3) is 0.381. The van der Waals surface area contributed by atoms with Gasteiger partial charge < -0.3 is 15.0 Å². The first-order valence-corrected chi connectivity index (χ1v) is 10.2. The fourth-order valence-corrected chi connectivity index (χ4v) is 3.34. The highest BCUT2D eigenvalue weighted by atomic mass is 79.9. The number of amides is 2. The van der Waals surface area contributed by atoms with E-state index >= 15 is 0 Å². The summed E-state index contributed by atoms with van der Waals surface area (Å²) in [5.74, 6) is 0.736. The summed E-state index contributed by atoms with van der Waals surface area (Å²) in [6, 6.07) is 10.1. The van der Waals surface area contributed by atoms with Gasteiger partial charge in [-0.1, -0.05) is 29.8 Å². The topological polar surface area (TPSA) is 71.5 Å². The minimum Gasteiger partial charge on any atom is -0.439 e. The molecule has 1 aliphatic heterocycles. The molecule has 0 radical (unpaired) electrons. The quantitative estimate of drug-likeness (QED) is 0.728. The average molecular weight is 446 g/mol. The van der Waals surface area contributed by atoms with Crippen LogP contribution in [-0.4, -0.2) is 40.8 Å². The maximum absolute atomic E-state index is 12.7. The number of ether oxygens (including phenoxy) is 1. The van der Waals surface area contributed by atoms with Gasteiger partial charge in [0.15, 0.2) is 0 Å². The number of benzene rings is 1. The van der Waals surface area contributed by atoms with Crippen LogP contribution in [0.2, 0.25) is 0 Å². The van der Waals surface area contributed by atoms with Crippen LogP contribution < -0.4 is 10.1 Å². The van der Waals surface area contributed by atoms with Gasteiger partial charge in [0.2, 0.25) is 11.8 Å². The molecule has 2 aromatic rings. The summed E-state index contributed by atoms with van der Waals surface area (Å²) in [5.41, 5.74) is 0.392. The minimum absolute atomic E-state index is 0.00465. The number of hydrogen-bond donors (Lipinski definition) is 1. The molecule has 6 nitrogen and oxygen atoms in total. The molecule has 1 aromatic heterocycles. The van der Waals surface area contributed by atoms with E-state index in [9.17, 15) is 9.59 Å². The maximum Gasteiger partial charge on any atom is 0.253 e. The lowest BCUT2D eigenvalue weighted by atomic mass is 10.0. The third-order valence-electron chi connectivity index (χ3n) is 4.67. The van der Waals surface area contributed by atoms with Gasteiger partial charge in [-0.25, -0.2) is 4.98 Å². The lowest BCUT2D eigenvalue weighted by Crippen LogP contribution is -2.50. The molecular formula is C21H24BrN3O3. The second-order valence-corrected chi connectivity index (χ2v) is 8.08. The van der Waals surface area contributed by atoms with E-state index in [-0.39, 0.29) is 17.7 Å². The number of aromatic nitrogens is 1. The molecule has 1 N–H and O–H groups in total. The van der Waals surface area contributed by atoms with Gasteiger partial charge in [-0.15, -0.1) is 0 Å². The molecule has 148 valence electrons. The molecule has 1 saturated heterocycles. The van der Waals surface area contributed by atoms with Crippen LogP contribution in [-0.2, 0) is 4.79 Å². The van der Waals surface area contributed by atoms with Crippen molar-refractivity contribution in [3.63, 3.8) is 0 Å². The Hall–Kier alpha value is -2.41. The first-order chi connectivity index (χ1) is 13.4. The van der Waals surface area contributed by atoms with Crippen LogP contribution in [0, 0.1) is 5.92 Å². The van der Waals surface area contributed by atoms with Crippen LogP contribution in [0.4, 0.5) is 0 Å². The lowest BCUT2D eigenvalue weighted by molar-refractivity contribution is -0.133. The van der Waals surface area contributed by atoms with Crippen molar-refractivity contribution < 1.29 is 14.3 Å². The first-order valence-electron chi connectivity index (χ1n) is 9.43. The van der Waals surface area contributed by atoms with Gasteiger partial charge in [-0.2, -0.15) is 0 Å². The number of nitrogens with zero attached hydrogens (tertiary/aromatic N) is 2. The molecular weight excluding hydrogens is 422 g/mol. The van der Waals surface area contributed by atoms with Crippen LogP contribution in [0.1, 0.15) is 37.0 Å². The average Bonchev–Trinajstić information content (AvgIpc) is 3.22. The molecule has 2 amide bonds. The van der Waals surface area contributed by atoms with Crippen molar-refractivity contribution in [3.05, 3.63) is 52.6 Å². The normalized spacial score (nSPS) is 14.8. The summed E-state index contributed by atoms with van der Waals surface area (Å²) in [7, 11) is 0. The van der Waals surface area contributed by atoms with Gasteiger partial charge in [-0.05, 0) is 49.1 Å². The van der Waals surface area contributed by atoms with Crippen LogP contribution in [0.25, 0.3) is 0 Å². The highest BCUT2D eigenvalue weighted by Gasteiger charge is 2.30. The van der Waals surface area contributed by atoms with Crippen LogP contribution in [0.3, 0.4) is 0 Å². The Labute approximate surface area is 173 Å². The molecule has 0 aliphatic carbocycles. The molecule has 0 bridgehead atoms. The predicted molar refractivity (Wildman–Crippen MR) is 110 cm³/mol. The molecule has 1 aliphatic rings. The minimum atomic E-state index is -0.538. The first kappa shape index (κ1) is 20.3. The highest BCUT2D eigenvalue weighted by molar-refractivity contribution is 9.10. The third kappa shape index (κ3) is 5.10. The summed E-state index contributed by atoms with van der Waals surface area (Å²) >= 11 is 3.37. The van der Waals surface area contributed by atoms with E-state index in [1.807, 2.05) is 43.0 Å². The molecule has 7 heteroatoms. The Bertz CT molecular complexity index is 816. The predicted octanol–water partition coefficient (Wildman–Crippen LogP) is 4.01. The van der Waals surface area contributed by atoms with Gasteiger partial charge in [0.25, 0.3) is 5.91 Å². The summed E-state index contributed by atoms with van der Waals surface area (Å²) < 4.78 is 6.63. The van der Waals surface area contributed by atoms with E-state index in [2.05, 4.69) is 26.2 Å². The SMILES string of the molecule is CC(C)[C@H](NC(=O)c1ccc(Oc2ccc(Br)cc2)nc1)C(=O)N1CCCC1. The Morgan fingerprint density at radius 1 is 1.11 bits per heavy atom. The largest absolute Gasteiger partial charge is 0.439 e. The lowest BCUT2D eigenvalue weighted by Gasteiger charge is -2.26. The van der Waals surface area contributed by atoms with E-state index in [4.69, 9.17) is 4.74 Å². The van der Waals surface area contributed by atoms with Gasteiger partial charge >= 0.3 is 0 Å². The molecule has 0 saturated carbocycles. The van der Waals surface area contributed by atoms with E-state index in [1.165, 1.54) is 6.20 Å². The molecule has 28 heavy (non-hydrogen) atoms. The molecule has 1 fully saturated rings. The number of hydrogen-bond acceptors (Lipinski definition) is 4. The Balaban J connectivity index is 1.64. The summed E-state index contributed by atoms with van der Waals surface area (Å²) in [4.78, 5) is 31.4. The zero-order valence-corrected chi connectivity index (χ0v) is 17.6. The van der Waals surface area contributed by atoms with Gasteiger partial charge in [0, 0.05) is 29.8 Å². The van der Waals surface area contributed by atoms with Crippen LogP contribution in [0.5, 0.6) is 11.6 Å². The standard InChI is InChI=1S/C21H24BrN3O3/c1-14(2)19(21(27)25-11-3-4-12-25)24-20(26)15-5-10-18(23-13-15)28-17-8-6-16(22)7-9-17/h5-10,13-14,19H,3-4,11-12H2,1-2H3,(H,24,26)/t19-/m0/s1. The van der Waals surface area contributed by atoms with E-state index < -0.39 is 6.04 Å². The number of carbonyl (C=O) groups excluding carboxylic acids is 2. The van der Waals surface area contributed by atoms with Crippen molar-refractivity contribution in [2.75, 3.05) is 13.1 Å². The monoisotopic (exact) mass is 445 g/mol. The molecule has 1 atom stereocenters. The Morgan fingerprint density at radius 2 is 1.79 bits per heavy atom. The number of likely N-dealkylation sites (tertiary alicyclic amines) is 1. The summed E-state index contributed by atoms with van der Waals surface area (Å²) in [6.07, 6.45) is 3.50. The zero-order chi connectivity index (χ0) is 20.1.